The first-order valence-electron chi connectivity index (χ1n) is 38.0. The van der Waals surface area contributed by atoms with Crippen LogP contribution in [-0.4, -0.2) is 140 Å². The fourth-order valence-corrected chi connectivity index (χ4v) is 13.2. The molecule has 2 aliphatic rings. The molecule has 4 atom stereocenters. The van der Waals surface area contributed by atoms with E-state index in [0.717, 1.165) is 28.0 Å². The number of allylic oxidation sites excluding steroid dienone is 10. The summed E-state index contributed by atoms with van der Waals surface area (Å²) < 4.78 is 26.8. The number of hydrazone groups is 1. The number of esters is 4. The molecule has 3 aromatic heterocycles. The Morgan fingerprint density at radius 3 is 1.68 bits per heavy atom. The molecule has 1 aliphatic carbocycles. The van der Waals surface area contributed by atoms with Gasteiger partial charge in [0, 0.05) is 43.2 Å². The monoisotopic (exact) mass is 1500 g/mol. The number of nitrogens with zero attached hydrogens (tertiary/aromatic N) is 11. The number of phenolic OH excluding ortho intramolecular Hbond substituents is 2. The second-order valence-corrected chi connectivity index (χ2v) is 33.3. The third-order valence-corrected chi connectivity index (χ3v) is 19.9. The maximum Gasteiger partial charge on any atom is 0.306 e. The number of aryl methyl sites for hydroxylation is 4. The summed E-state index contributed by atoms with van der Waals surface area (Å²) in [6.45, 7) is 37.1. The first-order chi connectivity index (χ1) is 51.2. The molecule has 24 heteroatoms. The number of aliphatic hydroxyl groups excluding tert-OH is 2. The number of benzene rings is 3. The number of rotatable bonds is 31. The van der Waals surface area contributed by atoms with Crippen LogP contribution in [0.25, 0.3) is 34.6 Å². The molecule has 1 aliphatic heterocycles. The summed E-state index contributed by atoms with van der Waals surface area (Å²) in [7, 11) is 1.87. The topological polar surface area (TPSA) is 297 Å². The summed E-state index contributed by atoms with van der Waals surface area (Å²) in [5.74, 6) is -2.52. The SMILES string of the molecule is CC=Cc1nn(C(=C(C)CC(C)CCC(=O)OCC(COC(=O)CCC2=CC(C(C)(C)C)=C(O)C(n3nc4ccccc4n3)C2)(COC(=O)CCc2cc(N3NC(C=CC)C=[N+]3C)c(O)c(C(C)(C)C)c2)COC(=O)CCc2cc(-n3nc(C=CC)c(CC)n3)c(O)c(C(C)(C)C)c2)C(O)=C(C)C(C)(C)C)nc1C. The van der Waals surface area contributed by atoms with E-state index in [0.29, 0.717) is 93.1 Å². The molecule has 109 heavy (non-hydrogen) atoms. The van der Waals surface area contributed by atoms with E-state index in [4.69, 9.17) is 49.5 Å². The summed E-state index contributed by atoms with van der Waals surface area (Å²) in [5, 5.41) is 77.7. The maximum absolute atomic E-state index is 14.5. The van der Waals surface area contributed by atoms with Crippen molar-refractivity contribution in [1.29, 1.82) is 0 Å². The third-order valence-electron chi connectivity index (χ3n) is 19.9. The van der Waals surface area contributed by atoms with Crippen molar-refractivity contribution in [2.24, 2.45) is 22.2 Å². The van der Waals surface area contributed by atoms with Gasteiger partial charge in [-0.25, -0.2) is 0 Å². The molecular weight excluding hydrogens is 1380 g/mol. The molecule has 0 radical (unpaired) electrons. The van der Waals surface area contributed by atoms with Gasteiger partial charge in [0.2, 0.25) is 0 Å². The Morgan fingerprint density at radius 2 is 1.17 bits per heavy atom. The number of hydrazine groups is 2. The minimum Gasteiger partial charge on any atom is -0.510 e. The van der Waals surface area contributed by atoms with Crippen molar-refractivity contribution in [3.8, 4) is 17.2 Å². The lowest BCUT2D eigenvalue weighted by molar-refractivity contribution is -0.505. The van der Waals surface area contributed by atoms with E-state index < -0.39 is 83.4 Å². The van der Waals surface area contributed by atoms with Crippen molar-refractivity contribution in [3.63, 3.8) is 0 Å². The highest BCUT2D eigenvalue weighted by atomic mass is 16.6. The Morgan fingerprint density at radius 1 is 0.661 bits per heavy atom. The molecule has 0 fully saturated rings. The number of carbonyl (C=O) groups excluding carboxylic acids is 4. The van der Waals surface area contributed by atoms with Crippen molar-refractivity contribution < 1.29 is 63.2 Å². The van der Waals surface area contributed by atoms with Crippen LogP contribution < -0.4 is 10.5 Å². The molecule has 0 saturated carbocycles. The average molecular weight is 1500 g/mol. The van der Waals surface area contributed by atoms with Crippen LogP contribution in [0.1, 0.15) is 234 Å². The summed E-state index contributed by atoms with van der Waals surface area (Å²) in [5.41, 5.74) is 10.7. The van der Waals surface area contributed by atoms with Crippen molar-refractivity contribution in [2.45, 2.75) is 232 Å². The van der Waals surface area contributed by atoms with E-state index in [9.17, 15) is 39.6 Å². The van der Waals surface area contributed by atoms with Crippen molar-refractivity contribution in [2.75, 3.05) is 38.6 Å². The van der Waals surface area contributed by atoms with E-state index in [2.05, 4.69) is 5.43 Å². The fraction of sp³-hybridized carbons (Fsp3) is 0.518. The highest BCUT2D eigenvalue weighted by Gasteiger charge is 2.40. The summed E-state index contributed by atoms with van der Waals surface area (Å²) in [6, 6.07) is 13.9. The fourth-order valence-electron chi connectivity index (χ4n) is 13.2. The highest BCUT2D eigenvalue weighted by Crippen LogP contribution is 2.44. The molecule has 4 heterocycles. The van der Waals surface area contributed by atoms with Crippen LogP contribution in [0, 0.1) is 29.1 Å². The zero-order valence-electron chi connectivity index (χ0n) is 68.1. The van der Waals surface area contributed by atoms with Crippen LogP contribution >= 0.6 is 0 Å². The first-order valence-corrected chi connectivity index (χ1v) is 38.0. The van der Waals surface area contributed by atoms with E-state index in [-0.39, 0.29) is 79.9 Å². The molecule has 0 spiro atoms. The zero-order chi connectivity index (χ0) is 80.3. The van der Waals surface area contributed by atoms with Crippen molar-refractivity contribution in [1.82, 2.24) is 50.4 Å². The predicted octanol–water partition coefficient (Wildman–Crippen LogP) is 16.0. The summed E-state index contributed by atoms with van der Waals surface area (Å²) in [4.78, 5) is 62.5. The molecule has 24 nitrogen and oxygen atoms in total. The van der Waals surface area contributed by atoms with Crippen molar-refractivity contribution >= 4 is 64.7 Å². The van der Waals surface area contributed by atoms with Crippen molar-refractivity contribution in [3.05, 3.63) is 158 Å². The van der Waals surface area contributed by atoms with Gasteiger partial charge in [0.1, 0.15) is 101 Å². The quantitative estimate of drug-likeness (QED) is 0.00675. The Balaban J connectivity index is 1.11. The molecule has 0 amide bonds. The smallest absolute Gasteiger partial charge is 0.306 e. The Hall–Kier alpha value is -9.97. The molecule has 0 saturated heterocycles. The number of fused-ring (bicyclic) bond motifs is 1. The number of aromatic hydroxyl groups is 2. The molecule has 6 aromatic rings. The largest absolute Gasteiger partial charge is 0.510 e. The molecule has 588 valence electrons. The number of hydrogen-bond acceptors (Lipinski definition) is 20. The van der Waals surface area contributed by atoms with Crippen LogP contribution in [0.4, 0.5) is 5.69 Å². The van der Waals surface area contributed by atoms with Crippen LogP contribution in [0.15, 0.2) is 113 Å². The lowest BCUT2D eigenvalue weighted by Crippen LogP contribution is -2.44. The Kier molecular flexibility index (Phi) is 27.6. The van der Waals surface area contributed by atoms with Gasteiger partial charge in [-0.05, 0) is 172 Å². The molecule has 4 unspecified atom stereocenters. The highest BCUT2D eigenvalue weighted by molar-refractivity contribution is 5.75. The summed E-state index contributed by atoms with van der Waals surface area (Å²) in [6.07, 6.45) is 16.9. The average Bonchev–Trinajstić information content (AvgIpc) is 1.75. The van der Waals surface area contributed by atoms with Gasteiger partial charge in [0.05, 0.1) is 11.4 Å². The zero-order valence-corrected chi connectivity index (χ0v) is 68.1. The third kappa shape index (κ3) is 21.7. The molecule has 0 bridgehead atoms. The van der Waals surface area contributed by atoms with E-state index in [1.807, 2.05) is 241 Å². The molecule has 5 N–H and O–H groups in total. The number of nitrogens with one attached hydrogen (secondary N) is 1. The van der Waals surface area contributed by atoms with Gasteiger partial charge in [0.25, 0.3) is 0 Å². The van der Waals surface area contributed by atoms with Gasteiger partial charge >= 0.3 is 23.9 Å². The summed E-state index contributed by atoms with van der Waals surface area (Å²) >= 11 is 0. The maximum atomic E-state index is 14.5. The van der Waals surface area contributed by atoms with Crippen LogP contribution in [0.5, 0.6) is 11.5 Å². The van der Waals surface area contributed by atoms with Gasteiger partial charge in [0.15, 0.2) is 18.9 Å². The van der Waals surface area contributed by atoms with Crippen LogP contribution in [-0.2, 0) is 68.2 Å². The first kappa shape index (κ1) is 84.7. The lowest BCUT2D eigenvalue weighted by atomic mass is 9.78. The predicted molar refractivity (Wildman–Crippen MR) is 426 cm³/mol. The van der Waals surface area contributed by atoms with Gasteiger partial charge in [-0.1, -0.05) is 162 Å². The van der Waals surface area contributed by atoms with Gasteiger partial charge in [-0.3, -0.25) is 19.2 Å². The van der Waals surface area contributed by atoms with Crippen LogP contribution in [0.3, 0.4) is 0 Å². The lowest BCUT2D eigenvalue weighted by Gasteiger charge is -2.32. The van der Waals surface area contributed by atoms with E-state index in [1.165, 1.54) is 14.4 Å². The number of phenols is 2. The number of ether oxygens (including phenoxy) is 4. The van der Waals surface area contributed by atoms with E-state index >= 15 is 0 Å². The number of hydrogen-bond donors (Lipinski definition) is 5. The second-order valence-electron chi connectivity index (χ2n) is 33.3. The number of anilines is 1. The minimum atomic E-state index is -1.70. The van der Waals surface area contributed by atoms with Gasteiger partial charge in [-0.2, -0.15) is 30.6 Å². The normalized spacial score (nSPS) is 16.8. The molecular formula is C85H117N12O12+. The second kappa shape index (κ2) is 35.6. The number of aromatic nitrogens is 9. The van der Waals surface area contributed by atoms with E-state index in [1.54, 1.807) is 11.2 Å². The minimum absolute atomic E-state index is 0.00340. The van der Waals surface area contributed by atoms with Gasteiger partial charge < -0.3 is 39.4 Å². The Labute approximate surface area is 643 Å². The van der Waals surface area contributed by atoms with Gasteiger partial charge in [-0.15, -0.1) is 24.5 Å². The molecule has 3 aromatic carbocycles. The number of aliphatic hydroxyl groups is 2. The Bertz CT molecular complexity index is 4530. The standard InChI is InChI=1S/C85H116N12O12/c1-22-28-60-48-93(21)97(87-60)71-47-59(44-63(80(71)105)84(18,19)20)36-40-75(101)109-52-85(50-107-73(99)38-34-57-42-61(82(12,13)14)78(103)69(45-57)94-88-64(25-4)66(90-94)30-24-3,51-108-74(100)39-35-58-43-62(83(15,16)17)79(104)70(46-58)95-91-67-31-26-27-32-68(67)92-95)49-106-72(98)37-33-53(5)41-54(6)76(77(102)55(7)81(9,10)11)96-86-56(8)65(89-96)29-23-2/h22-24,26-32,42-45,47-48,53,60,70,87H,25,33-41,46,49-52H2,1-21H3,(H3-,102,103,104,105)/p+1. The van der Waals surface area contributed by atoms with Crippen LogP contribution in [0.2, 0.25) is 0 Å². The molecule has 8 rings (SSSR count). The number of carbonyl (C=O) groups is 4.